The number of rotatable bonds is 3. The fourth-order valence-electron chi connectivity index (χ4n) is 3.01. The first kappa shape index (κ1) is 19.1. The maximum absolute atomic E-state index is 9.18. The normalized spacial score (nSPS) is 19.3. The lowest BCUT2D eigenvalue weighted by Crippen LogP contribution is -2.15. The highest BCUT2D eigenvalue weighted by atomic mass is 32.2. The molecule has 0 aliphatic carbocycles. The van der Waals surface area contributed by atoms with Crippen molar-refractivity contribution in [1.29, 1.82) is 5.26 Å². The predicted octanol–water partition coefficient (Wildman–Crippen LogP) is 6.19. The van der Waals surface area contributed by atoms with Crippen molar-refractivity contribution < 1.29 is 4.74 Å². The Morgan fingerprint density at radius 2 is 2.04 bits per heavy atom. The summed E-state index contributed by atoms with van der Waals surface area (Å²) in [5.41, 5.74) is 5.34. The third-order valence-corrected chi connectivity index (χ3v) is 5.74. The number of allylic oxidation sites excluding steroid dienone is 8. The Bertz CT molecular complexity index is 971. The number of nitrogens with zero attached hydrogens (tertiary/aromatic N) is 2. The second kappa shape index (κ2) is 7.94. The predicted molar refractivity (Wildman–Crippen MR) is 114 cm³/mol. The largest absolute Gasteiger partial charge is 0.462 e. The molecule has 0 fully saturated rings. The lowest BCUT2D eigenvalue weighted by atomic mass is 10.0. The van der Waals surface area contributed by atoms with Gasteiger partial charge in [0.25, 0.3) is 0 Å². The summed E-state index contributed by atoms with van der Waals surface area (Å²) in [6, 6.07) is 8.84. The molecule has 0 bridgehead atoms. The van der Waals surface area contributed by atoms with Crippen molar-refractivity contribution in [3.8, 4) is 6.07 Å². The van der Waals surface area contributed by atoms with Crippen LogP contribution in [0.5, 0.6) is 0 Å². The van der Waals surface area contributed by atoms with E-state index in [1.807, 2.05) is 26.0 Å². The number of nitriles is 1. The van der Waals surface area contributed by atoms with Crippen molar-refractivity contribution in [2.45, 2.75) is 32.6 Å². The van der Waals surface area contributed by atoms with E-state index in [-0.39, 0.29) is 0 Å². The third-order valence-electron chi connectivity index (χ3n) is 4.71. The number of thioether (sulfide) groups is 1. The summed E-state index contributed by atoms with van der Waals surface area (Å²) >= 11 is 1.75. The summed E-state index contributed by atoms with van der Waals surface area (Å²) < 4.78 is 5.87. The number of ether oxygens (including phenoxy) is 1. The van der Waals surface area contributed by atoms with Crippen LogP contribution >= 0.6 is 11.8 Å². The van der Waals surface area contributed by atoms with E-state index in [0.717, 1.165) is 28.5 Å². The van der Waals surface area contributed by atoms with Crippen LogP contribution in [0.1, 0.15) is 33.3 Å². The van der Waals surface area contributed by atoms with Crippen LogP contribution in [-0.2, 0) is 4.74 Å². The molecule has 0 spiro atoms. The van der Waals surface area contributed by atoms with E-state index < -0.39 is 0 Å². The quantitative estimate of drug-likeness (QED) is 0.589. The zero-order valence-electron chi connectivity index (χ0n) is 16.5. The van der Waals surface area contributed by atoms with E-state index in [4.69, 9.17) is 4.74 Å². The van der Waals surface area contributed by atoms with E-state index in [1.54, 1.807) is 11.8 Å². The van der Waals surface area contributed by atoms with Crippen LogP contribution in [0.25, 0.3) is 5.57 Å². The van der Waals surface area contributed by atoms with Gasteiger partial charge in [0.15, 0.2) is 0 Å². The maximum atomic E-state index is 9.18. The van der Waals surface area contributed by atoms with Crippen molar-refractivity contribution in [3.63, 3.8) is 0 Å². The first-order valence-electron chi connectivity index (χ1n) is 9.03. The van der Waals surface area contributed by atoms with E-state index in [9.17, 15) is 5.26 Å². The zero-order valence-corrected chi connectivity index (χ0v) is 17.3. The minimum atomic E-state index is 0.689. The van der Waals surface area contributed by atoms with Gasteiger partial charge >= 0.3 is 0 Å². The molecular weight excluding hydrogens is 352 g/mol. The molecule has 4 heteroatoms. The summed E-state index contributed by atoms with van der Waals surface area (Å²) in [4.78, 5) is 4.62. The van der Waals surface area contributed by atoms with Gasteiger partial charge in [0.1, 0.15) is 11.5 Å². The Labute approximate surface area is 166 Å². The molecule has 2 aliphatic rings. The molecule has 0 N–H and O–H groups in total. The lowest BCUT2D eigenvalue weighted by molar-refractivity contribution is 0.317. The minimum Gasteiger partial charge on any atom is -0.462 e. The van der Waals surface area contributed by atoms with Crippen LogP contribution < -0.4 is 4.90 Å². The number of benzene rings is 1. The van der Waals surface area contributed by atoms with Gasteiger partial charge in [0.2, 0.25) is 0 Å². The van der Waals surface area contributed by atoms with E-state index in [2.05, 4.69) is 62.2 Å². The lowest BCUT2D eigenvalue weighted by Gasteiger charge is -2.22. The monoisotopic (exact) mass is 376 g/mol. The number of fused-ring (bicyclic) bond motifs is 1. The molecule has 0 saturated carbocycles. The van der Waals surface area contributed by atoms with E-state index >= 15 is 0 Å². The van der Waals surface area contributed by atoms with Crippen LogP contribution in [0.15, 0.2) is 75.0 Å². The average Bonchev–Trinajstić information content (AvgIpc) is 2.65. The summed E-state index contributed by atoms with van der Waals surface area (Å²) in [6.45, 7) is 9.00. The molecule has 0 atom stereocenters. The van der Waals surface area contributed by atoms with Crippen LogP contribution in [0.4, 0.5) is 5.69 Å². The van der Waals surface area contributed by atoms with Crippen LogP contribution in [-0.4, -0.2) is 13.6 Å². The smallest absolute Gasteiger partial charge is 0.128 e. The summed E-state index contributed by atoms with van der Waals surface area (Å²) in [5, 5.41) is 9.18. The molecule has 3 nitrogen and oxygen atoms in total. The van der Waals surface area contributed by atoms with Gasteiger partial charge in [-0.25, -0.2) is 0 Å². The van der Waals surface area contributed by atoms with Crippen molar-refractivity contribution in [3.05, 3.63) is 75.6 Å². The molecule has 0 unspecified atom stereocenters. The molecule has 3 rings (SSSR count). The van der Waals surface area contributed by atoms with Crippen LogP contribution in [0, 0.1) is 11.3 Å². The standard InChI is InChI=1S/C23H24N2OS/c1-6-25(5)19-7-8-22-15(2)9-21(27-23(22)12-19)13-20-11-18(16(3)14-24)10-17(4)26-20/h7-13H,6H2,1-5H3/b18-16-,21-13+. The minimum absolute atomic E-state index is 0.689. The average molecular weight is 377 g/mol. The Balaban J connectivity index is 1.95. The fourth-order valence-corrected chi connectivity index (χ4v) is 4.19. The molecule has 2 heterocycles. The van der Waals surface area contributed by atoms with Gasteiger partial charge in [-0.2, -0.15) is 5.26 Å². The molecule has 0 aromatic heterocycles. The van der Waals surface area contributed by atoms with Gasteiger partial charge in [0, 0.05) is 34.7 Å². The van der Waals surface area contributed by atoms with Crippen LogP contribution in [0.2, 0.25) is 0 Å². The summed E-state index contributed by atoms with van der Waals surface area (Å²) in [6.07, 6.45) is 8.07. The van der Waals surface area contributed by atoms with Gasteiger partial charge in [-0.05, 0) is 80.8 Å². The molecule has 0 saturated heterocycles. The molecule has 1 aromatic carbocycles. The van der Waals surface area contributed by atoms with Crippen molar-refractivity contribution in [2.24, 2.45) is 0 Å². The highest BCUT2D eigenvalue weighted by Gasteiger charge is 2.16. The summed E-state index contributed by atoms with van der Waals surface area (Å²) in [7, 11) is 2.11. The molecule has 0 radical (unpaired) electrons. The van der Waals surface area contributed by atoms with Crippen molar-refractivity contribution >= 4 is 23.0 Å². The Kier molecular flexibility index (Phi) is 5.62. The molecule has 27 heavy (non-hydrogen) atoms. The first-order chi connectivity index (χ1) is 12.9. The Hall–Kier alpha value is -2.64. The van der Waals surface area contributed by atoms with Gasteiger partial charge in [0.05, 0.1) is 6.07 Å². The third kappa shape index (κ3) is 4.20. The second-order valence-corrected chi connectivity index (χ2v) is 7.88. The summed E-state index contributed by atoms with van der Waals surface area (Å²) in [5.74, 6) is 1.55. The Morgan fingerprint density at radius 1 is 1.26 bits per heavy atom. The van der Waals surface area contributed by atoms with Gasteiger partial charge in [-0.3, -0.25) is 0 Å². The van der Waals surface area contributed by atoms with E-state index in [0.29, 0.717) is 5.57 Å². The van der Waals surface area contributed by atoms with E-state index in [1.165, 1.54) is 21.7 Å². The van der Waals surface area contributed by atoms with Gasteiger partial charge in [-0.1, -0.05) is 17.8 Å². The van der Waals surface area contributed by atoms with Gasteiger partial charge in [-0.15, -0.1) is 0 Å². The Morgan fingerprint density at radius 3 is 2.74 bits per heavy atom. The van der Waals surface area contributed by atoms with Crippen molar-refractivity contribution in [1.82, 2.24) is 0 Å². The number of hydrogen-bond donors (Lipinski definition) is 0. The molecule has 2 aliphatic heterocycles. The fraction of sp³-hybridized carbons (Fsp3) is 0.261. The van der Waals surface area contributed by atoms with Crippen molar-refractivity contribution in [2.75, 3.05) is 18.5 Å². The molecule has 0 amide bonds. The molecule has 1 aromatic rings. The highest BCUT2D eigenvalue weighted by Crippen LogP contribution is 2.42. The molecule has 138 valence electrons. The first-order valence-corrected chi connectivity index (χ1v) is 9.85. The highest BCUT2D eigenvalue weighted by molar-refractivity contribution is 8.03. The number of anilines is 1. The number of hydrogen-bond acceptors (Lipinski definition) is 4. The topological polar surface area (TPSA) is 36.3 Å². The van der Waals surface area contributed by atoms with Crippen LogP contribution in [0.3, 0.4) is 0 Å². The maximum Gasteiger partial charge on any atom is 0.128 e. The zero-order chi connectivity index (χ0) is 19.6. The second-order valence-electron chi connectivity index (χ2n) is 6.77. The van der Waals surface area contributed by atoms with Gasteiger partial charge < -0.3 is 9.64 Å². The SMILES string of the molecule is CCN(C)c1ccc2c(c1)S/C(=C/C1=CC(=C(/C)C#N)/C=C(C)O1)C=C2C. The molecular formula is C23H24N2OS.